The number of thiocarbonyl (C=S) groups is 1. The van der Waals surface area contributed by atoms with Gasteiger partial charge in [-0.05, 0) is 12.2 Å². The summed E-state index contributed by atoms with van der Waals surface area (Å²) < 4.78 is 46.0. The van der Waals surface area contributed by atoms with Crippen molar-refractivity contribution in [3.63, 3.8) is 0 Å². The van der Waals surface area contributed by atoms with Gasteiger partial charge in [-0.15, -0.1) is 0 Å². The third-order valence-corrected chi connectivity index (χ3v) is 1.12. The molecular weight excluding hydrogens is 196 g/mol. The first-order valence-electron chi connectivity index (χ1n) is 3.10. The lowest BCUT2D eigenvalue weighted by atomic mass is 10.6. The summed E-state index contributed by atoms with van der Waals surface area (Å²) in [6, 6.07) is 0. The van der Waals surface area contributed by atoms with Gasteiger partial charge in [0.25, 0.3) is 0 Å². The molecule has 12 heavy (non-hydrogen) atoms. The molecule has 7 heteroatoms. The fourth-order valence-electron chi connectivity index (χ4n) is 0.404. The van der Waals surface area contributed by atoms with Gasteiger partial charge in [0.15, 0.2) is 5.11 Å². The van der Waals surface area contributed by atoms with Gasteiger partial charge in [-0.3, -0.25) is 0 Å². The zero-order valence-electron chi connectivity index (χ0n) is 6.04. The smallest absolute Gasteiger partial charge is 0.360 e. The van der Waals surface area contributed by atoms with E-state index in [9.17, 15) is 17.6 Å². The highest BCUT2D eigenvalue weighted by molar-refractivity contribution is 7.80. The van der Waals surface area contributed by atoms with Gasteiger partial charge in [-0.1, -0.05) is 0 Å². The molecular formula is C5H8F4N2S. The van der Waals surface area contributed by atoms with Gasteiger partial charge in [0.1, 0.15) is 13.2 Å². The Kier molecular flexibility index (Phi) is 4.87. The molecule has 0 aromatic heterocycles. The maximum Gasteiger partial charge on any atom is 0.405 e. The molecule has 0 heterocycles. The minimum atomic E-state index is -4.30. The highest BCUT2D eigenvalue weighted by Gasteiger charge is 2.26. The Hall–Kier alpha value is -0.590. The Balaban J connectivity index is 3.44. The van der Waals surface area contributed by atoms with Crippen LogP contribution in [0.2, 0.25) is 0 Å². The maximum absolute atomic E-state index is 11.5. The molecule has 0 rings (SSSR count). The van der Waals surface area contributed by atoms with Crippen LogP contribution >= 0.6 is 12.2 Å². The third-order valence-electron chi connectivity index (χ3n) is 0.829. The molecule has 0 amide bonds. The summed E-state index contributed by atoms with van der Waals surface area (Å²) in [4.78, 5) is 0. The number of hydrogen-bond donors (Lipinski definition) is 2. The minimum absolute atomic E-state index is 0.0797. The first-order valence-corrected chi connectivity index (χ1v) is 3.51. The maximum atomic E-state index is 11.5. The topological polar surface area (TPSA) is 24.1 Å². The summed E-state index contributed by atoms with van der Waals surface area (Å²) in [5, 5.41) is 3.95. The van der Waals surface area contributed by atoms with Gasteiger partial charge in [0, 0.05) is 6.54 Å². The Labute approximate surface area is 72.3 Å². The number of halogens is 4. The lowest BCUT2D eigenvalue weighted by Gasteiger charge is -2.10. The summed E-state index contributed by atoms with van der Waals surface area (Å²) >= 11 is 4.40. The SMILES string of the molecule is FCCNC(=S)NCC(F)(F)F. The van der Waals surface area contributed by atoms with Crippen LogP contribution < -0.4 is 10.6 Å². The Bertz CT molecular complexity index is 147. The fourth-order valence-corrected chi connectivity index (χ4v) is 0.578. The predicted octanol–water partition coefficient (Wildman–Crippen LogP) is 0.982. The molecule has 0 unspecified atom stereocenters. The van der Waals surface area contributed by atoms with Crippen molar-refractivity contribution in [2.24, 2.45) is 0 Å². The Morgan fingerprint density at radius 2 is 1.83 bits per heavy atom. The average Bonchev–Trinajstić information content (AvgIpc) is 1.95. The first kappa shape index (κ1) is 11.4. The highest BCUT2D eigenvalue weighted by atomic mass is 32.1. The number of alkyl halides is 4. The normalized spacial score (nSPS) is 11.0. The van der Waals surface area contributed by atoms with E-state index in [4.69, 9.17) is 0 Å². The van der Waals surface area contributed by atoms with Crippen molar-refractivity contribution < 1.29 is 17.6 Å². The molecule has 0 atom stereocenters. The summed E-state index contributed by atoms with van der Waals surface area (Å²) in [5.41, 5.74) is 0. The second-order valence-corrected chi connectivity index (χ2v) is 2.32. The van der Waals surface area contributed by atoms with Gasteiger partial charge >= 0.3 is 6.18 Å². The summed E-state index contributed by atoms with van der Waals surface area (Å²) in [6.45, 7) is -1.96. The molecule has 0 fully saturated rings. The average molecular weight is 204 g/mol. The predicted molar refractivity (Wildman–Crippen MR) is 40.6 cm³/mol. The molecule has 0 aromatic rings. The van der Waals surface area contributed by atoms with Crippen LogP contribution in [0.15, 0.2) is 0 Å². The standard InChI is InChI=1S/C5H8F4N2S/c6-1-2-10-4(12)11-3-5(7,8)9/h1-3H2,(H2,10,11,12). The van der Waals surface area contributed by atoms with Crippen molar-refractivity contribution in [3.8, 4) is 0 Å². The molecule has 72 valence electrons. The molecule has 0 aromatic carbocycles. The van der Waals surface area contributed by atoms with Crippen LogP contribution in [0.5, 0.6) is 0 Å². The summed E-state index contributed by atoms with van der Waals surface area (Å²) in [5.74, 6) is 0. The number of rotatable bonds is 3. The van der Waals surface area contributed by atoms with Crippen molar-refractivity contribution in [1.82, 2.24) is 10.6 Å². The fraction of sp³-hybridized carbons (Fsp3) is 0.800. The minimum Gasteiger partial charge on any atom is -0.360 e. The lowest BCUT2D eigenvalue weighted by molar-refractivity contribution is -0.122. The van der Waals surface area contributed by atoms with Crippen LogP contribution in [0.1, 0.15) is 0 Å². The van der Waals surface area contributed by atoms with Crippen LogP contribution in [0.25, 0.3) is 0 Å². The Morgan fingerprint density at radius 3 is 2.25 bits per heavy atom. The molecule has 0 bridgehead atoms. The van der Waals surface area contributed by atoms with Crippen molar-refractivity contribution in [2.45, 2.75) is 6.18 Å². The zero-order chi connectivity index (χ0) is 9.61. The molecule has 0 saturated carbocycles. The molecule has 2 nitrogen and oxygen atoms in total. The van der Waals surface area contributed by atoms with Gasteiger partial charge in [0.05, 0.1) is 0 Å². The van der Waals surface area contributed by atoms with E-state index in [-0.39, 0.29) is 11.7 Å². The first-order chi connectivity index (χ1) is 5.45. The number of hydrogen-bond acceptors (Lipinski definition) is 1. The lowest BCUT2D eigenvalue weighted by Crippen LogP contribution is -2.41. The quantitative estimate of drug-likeness (QED) is 0.529. The monoisotopic (exact) mass is 204 g/mol. The highest BCUT2D eigenvalue weighted by Crippen LogP contribution is 2.11. The second kappa shape index (κ2) is 5.13. The molecule has 0 aliphatic carbocycles. The van der Waals surface area contributed by atoms with E-state index in [0.29, 0.717) is 0 Å². The van der Waals surface area contributed by atoms with Crippen LogP contribution in [0.3, 0.4) is 0 Å². The third kappa shape index (κ3) is 7.52. The van der Waals surface area contributed by atoms with Gasteiger partial charge < -0.3 is 10.6 Å². The van der Waals surface area contributed by atoms with E-state index in [2.05, 4.69) is 17.5 Å². The van der Waals surface area contributed by atoms with E-state index in [0.717, 1.165) is 0 Å². The van der Waals surface area contributed by atoms with E-state index in [1.807, 2.05) is 5.32 Å². The van der Waals surface area contributed by atoms with Crippen molar-refractivity contribution in [1.29, 1.82) is 0 Å². The van der Waals surface area contributed by atoms with Crippen LogP contribution in [0.4, 0.5) is 17.6 Å². The van der Waals surface area contributed by atoms with Gasteiger partial charge in [-0.2, -0.15) is 13.2 Å². The van der Waals surface area contributed by atoms with Crippen molar-refractivity contribution in [3.05, 3.63) is 0 Å². The molecule has 0 saturated heterocycles. The molecule has 0 radical (unpaired) electrons. The van der Waals surface area contributed by atoms with E-state index in [1.165, 1.54) is 0 Å². The van der Waals surface area contributed by atoms with E-state index >= 15 is 0 Å². The molecule has 0 spiro atoms. The summed E-state index contributed by atoms with van der Waals surface area (Å²) in [7, 11) is 0. The van der Waals surface area contributed by atoms with Crippen LogP contribution in [-0.4, -0.2) is 31.1 Å². The largest absolute Gasteiger partial charge is 0.405 e. The zero-order valence-corrected chi connectivity index (χ0v) is 6.86. The van der Waals surface area contributed by atoms with Gasteiger partial charge in [0.2, 0.25) is 0 Å². The molecule has 0 aliphatic rings. The second-order valence-electron chi connectivity index (χ2n) is 1.91. The van der Waals surface area contributed by atoms with Crippen LogP contribution in [-0.2, 0) is 0 Å². The van der Waals surface area contributed by atoms with Crippen LogP contribution in [0, 0.1) is 0 Å². The molecule has 2 N–H and O–H groups in total. The van der Waals surface area contributed by atoms with E-state index < -0.39 is 19.4 Å². The van der Waals surface area contributed by atoms with Gasteiger partial charge in [-0.25, -0.2) is 4.39 Å². The van der Waals surface area contributed by atoms with Crippen molar-refractivity contribution >= 4 is 17.3 Å². The van der Waals surface area contributed by atoms with E-state index in [1.54, 1.807) is 0 Å². The molecule has 0 aliphatic heterocycles. The summed E-state index contributed by atoms with van der Waals surface area (Å²) in [6.07, 6.45) is -4.30. The number of nitrogens with one attached hydrogen (secondary N) is 2. The van der Waals surface area contributed by atoms with Crippen molar-refractivity contribution in [2.75, 3.05) is 19.8 Å². The Morgan fingerprint density at radius 1 is 1.25 bits per heavy atom.